The molecular weight excluding hydrogens is 638 g/mol. The number of aliphatic hydroxyl groups excluding tert-OH is 2. The van der Waals surface area contributed by atoms with Crippen LogP contribution in [0.5, 0.6) is 11.5 Å². The van der Waals surface area contributed by atoms with Gasteiger partial charge in [0.15, 0.2) is 11.4 Å². The van der Waals surface area contributed by atoms with Crippen molar-refractivity contribution in [3.8, 4) is 22.6 Å². The third kappa shape index (κ3) is 5.02. The number of nitrogens with zero attached hydrogens (tertiary/aromatic N) is 1. The molecule has 0 saturated heterocycles. The van der Waals surface area contributed by atoms with Gasteiger partial charge in [0, 0.05) is 35.1 Å². The summed E-state index contributed by atoms with van der Waals surface area (Å²) < 4.78 is 5.77. The topological polar surface area (TPSA) is 183 Å². The lowest BCUT2D eigenvalue weighted by atomic mass is 9.46. The van der Waals surface area contributed by atoms with Crippen LogP contribution in [0.15, 0.2) is 71.5 Å². The van der Waals surface area contributed by atoms with Crippen LogP contribution in [0, 0.1) is 17.8 Å². The van der Waals surface area contributed by atoms with Crippen molar-refractivity contribution in [2.75, 3.05) is 21.2 Å². The van der Waals surface area contributed by atoms with E-state index < -0.39 is 57.0 Å². The molecule has 0 radical (unpaired) electrons. The molecule has 1 saturated carbocycles. The van der Waals surface area contributed by atoms with Gasteiger partial charge in [0.1, 0.15) is 28.6 Å². The van der Waals surface area contributed by atoms with Gasteiger partial charge in [-0.3, -0.25) is 19.3 Å². The molecule has 7 N–H and O–H groups in total. The van der Waals surface area contributed by atoms with Gasteiger partial charge in [-0.05, 0) is 74.3 Å². The Kier molecular flexibility index (Phi) is 8.45. The van der Waals surface area contributed by atoms with Gasteiger partial charge < -0.3 is 36.2 Å². The van der Waals surface area contributed by atoms with Crippen LogP contribution in [0.3, 0.4) is 0 Å². The van der Waals surface area contributed by atoms with Gasteiger partial charge in [-0.25, -0.2) is 0 Å². The second kappa shape index (κ2) is 12.1. The van der Waals surface area contributed by atoms with Crippen LogP contribution in [0.1, 0.15) is 48.1 Å². The zero-order valence-electron chi connectivity index (χ0n) is 29.0. The number of rotatable bonds is 8. The van der Waals surface area contributed by atoms with Gasteiger partial charge in [0.05, 0.1) is 18.7 Å². The molecule has 0 heterocycles. The number of likely N-dealkylation sites (N-methyl/N-ethyl adjacent to an activating group) is 1. The second-order valence-corrected chi connectivity index (χ2v) is 14.5. The highest BCUT2D eigenvalue weighted by Gasteiger charge is 2.72. The maximum absolute atomic E-state index is 14.6. The van der Waals surface area contributed by atoms with E-state index in [2.05, 4.69) is 17.4 Å². The number of amides is 1. The van der Waals surface area contributed by atoms with Crippen LogP contribution in [0.2, 0.25) is 0 Å². The van der Waals surface area contributed by atoms with Crippen LogP contribution in [-0.4, -0.2) is 75.6 Å². The van der Waals surface area contributed by atoms with Crippen LogP contribution in [0.4, 0.5) is 0 Å². The summed E-state index contributed by atoms with van der Waals surface area (Å²) in [6.07, 6.45) is 0.0459. The van der Waals surface area contributed by atoms with Crippen LogP contribution in [0.25, 0.3) is 16.9 Å². The number of methoxy groups -OCH3 is 1. The molecule has 50 heavy (non-hydrogen) atoms. The molecule has 11 heteroatoms. The van der Waals surface area contributed by atoms with Gasteiger partial charge in [0.2, 0.25) is 5.78 Å². The Morgan fingerprint density at radius 1 is 1.00 bits per heavy atom. The van der Waals surface area contributed by atoms with Crippen LogP contribution >= 0.6 is 0 Å². The number of aromatic hydroxyl groups is 1. The third-order valence-electron chi connectivity index (χ3n) is 10.8. The summed E-state index contributed by atoms with van der Waals surface area (Å²) in [5, 5.41) is 50.1. The van der Waals surface area contributed by atoms with Gasteiger partial charge in [-0.2, -0.15) is 0 Å². The number of phenols is 1. The van der Waals surface area contributed by atoms with E-state index in [4.69, 9.17) is 10.5 Å². The normalized spacial score (nSPS) is 26.1. The summed E-state index contributed by atoms with van der Waals surface area (Å²) in [5.41, 5.74) is 3.97. The second-order valence-electron chi connectivity index (χ2n) is 14.5. The molecule has 262 valence electrons. The summed E-state index contributed by atoms with van der Waals surface area (Å²) in [5.74, 6) is -4.60. The van der Waals surface area contributed by atoms with Crippen molar-refractivity contribution in [1.82, 2.24) is 10.2 Å². The summed E-state index contributed by atoms with van der Waals surface area (Å²) in [7, 11) is 4.71. The van der Waals surface area contributed by atoms with Crippen molar-refractivity contribution in [3.63, 3.8) is 0 Å². The predicted molar refractivity (Wildman–Crippen MR) is 187 cm³/mol. The minimum atomic E-state index is -2.78. The maximum Gasteiger partial charge on any atom is 0.255 e. The molecule has 0 aromatic heterocycles. The van der Waals surface area contributed by atoms with Crippen molar-refractivity contribution in [3.05, 3.63) is 99.3 Å². The van der Waals surface area contributed by atoms with Crippen molar-refractivity contribution in [1.29, 1.82) is 0 Å². The molecule has 0 bridgehead atoms. The zero-order valence-corrected chi connectivity index (χ0v) is 29.0. The number of phenolic OH excluding ortho intramolecular Hbond substituents is 1. The Labute approximate surface area is 290 Å². The van der Waals surface area contributed by atoms with Crippen molar-refractivity contribution in [2.45, 2.75) is 58.3 Å². The van der Waals surface area contributed by atoms with Gasteiger partial charge in [-0.15, -0.1) is 0 Å². The molecule has 0 spiro atoms. The summed E-state index contributed by atoms with van der Waals surface area (Å²) in [4.78, 5) is 42.2. The number of Topliss-reactive ketones (excluding diaryl/α,β-unsaturated/α-hetero) is 2. The van der Waals surface area contributed by atoms with E-state index in [0.29, 0.717) is 35.5 Å². The number of primary amides is 1. The Hall–Kier alpha value is -4.97. The van der Waals surface area contributed by atoms with Gasteiger partial charge in [0.25, 0.3) is 5.91 Å². The highest BCUT2D eigenvalue weighted by Crippen LogP contribution is 2.63. The number of nitrogens with two attached hydrogens (primary N) is 1. The number of benzene rings is 3. The van der Waals surface area contributed by atoms with E-state index in [1.54, 1.807) is 34.2 Å². The van der Waals surface area contributed by atoms with Crippen molar-refractivity contribution in [2.24, 2.45) is 16.6 Å². The summed E-state index contributed by atoms with van der Waals surface area (Å²) in [6, 6.07) is 16.0. The number of aliphatic hydroxyl groups is 3. The van der Waals surface area contributed by atoms with E-state index in [1.807, 2.05) is 37.3 Å². The zero-order chi connectivity index (χ0) is 36.5. The first-order valence-corrected chi connectivity index (χ1v) is 16.4. The molecule has 3 aliphatic rings. The smallest absolute Gasteiger partial charge is 0.255 e. The molecule has 11 nitrogen and oxygen atoms in total. The molecule has 1 fully saturated rings. The Morgan fingerprint density at radius 2 is 1.68 bits per heavy atom. The summed E-state index contributed by atoms with van der Waals surface area (Å²) >= 11 is 0. The van der Waals surface area contributed by atoms with E-state index in [1.165, 1.54) is 23.5 Å². The number of hydrogen-bond donors (Lipinski definition) is 6. The van der Waals surface area contributed by atoms with Crippen LogP contribution in [-0.2, 0) is 33.9 Å². The molecule has 3 aromatic carbocycles. The van der Waals surface area contributed by atoms with Crippen molar-refractivity contribution < 1.29 is 39.5 Å². The molecule has 4 atom stereocenters. The molecule has 3 aromatic rings. The fraction of sp³-hybridized carbons (Fsp3) is 0.359. The molecule has 6 rings (SSSR count). The molecule has 0 aliphatic heterocycles. The Bertz CT molecular complexity index is 2030. The highest BCUT2D eigenvalue weighted by molar-refractivity contribution is 6.25. The first-order valence-electron chi connectivity index (χ1n) is 16.4. The predicted octanol–water partition coefficient (Wildman–Crippen LogP) is 4.02. The number of nitrogens with one attached hydrogen (secondary N) is 1. The van der Waals surface area contributed by atoms with Crippen LogP contribution < -0.4 is 15.8 Å². The molecule has 0 unspecified atom stereocenters. The molecular formula is C39H43N3O8. The highest BCUT2D eigenvalue weighted by atomic mass is 16.5. The SMILES string of the molecule is COc1ccc(CNCc2cccc(C)c2)cc1-c1ccc(O)c2c1C[C@@]1(C)C[C@@]3(C)[C@H](N(C)C)C(=O)C(C(N)=O)=C(O)[C@@]3(O)C(=O)C1=C2O. The van der Waals surface area contributed by atoms with E-state index in [9.17, 15) is 34.8 Å². The summed E-state index contributed by atoms with van der Waals surface area (Å²) in [6.45, 7) is 6.54. The lowest BCUT2D eigenvalue weighted by Crippen LogP contribution is -2.72. The lowest BCUT2D eigenvalue weighted by molar-refractivity contribution is -0.175. The standard InChI is InChI=1S/C39H43N3O8/c1-20-8-7-9-21(14-20)17-41-18-22-10-13-27(50-6)24(15-22)23-11-12-26(43)28-25(23)16-37(2)19-38(3)33(42(4)5)32(45)29(36(40)48)34(46)39(38,49)35(47)30(37)31(28)44/h7-15,33,41,43-44,46,49H,16-19H2,1-6H3,(H2,40,48)/t33-,37+,38+,39-/m1/s1. The number of ether oxygens (including phenoxy) is 1. The lowest BCUT2D eigenvalue weighted by Gasteiger charge is -2.59. The number of ketones is 2. The average Bonchev–Trinajstić information content (AvgIpc) is 3.02. The number of carbonyl (C=O) groups is 3. The first-order chi connectivity index (χ1) is 23.5. The number of carbonyl (C=O) groups excluding carboxylic acids is 3. The van der Waals surface area contributed by atoms with Gasteiger partial charge in [-0.1, -0.05) is 55.8 Å². The largest absolute Gasteiger partial charge is 0.508 e. The number of fused-ring (bicyclic) bond motifs is 3. The van der Waals surface area contributed by atoms with E-state index in [0.717, 1.165) is 11.1 Å². The minimum Gasteiger partial charge on any atom is -0.508 e. The Balaban J connectivity index is 1.49. The fourth-order valence-corrected chi connectivity index (χ4v) is 8.82. The fourth-order valence-electron chi connectivity index (χ4n) is 8.82. The quantitative estimate of drug-likeness (QED) is 0.190. The first kappa shape index (κ1) is 34.9. The minimum absolute atomic E-state index is 0.00944. The molecule has 1 amide bonds. The number of hydrogen-bond acceptors (Lipinski definition) is 10. The average molecular weight is 682 g/mol. The number of aryl methyl sites for hydroxylation is 1. The molecule has 3 aliphatic carbocycles. The van der Waals surface area contributed by atoms with Crippen molar-refractivity contribution >= 4 is 23.2 Å². The van der Waals surface area contributed by atoms with E-state index >= 15 is 0 Å². The third-order valence-corrected chi connectivity index (χ3v) is 10.8. The van der Waals surface area contributed by atoms with E-state index in [-0.39, 0.29) is 29.7 Å². The van der Waals surface area contributed by atoms with Gasteiger partial charge >= 0.3 is 0 Å². The monoisotopic (exact) mass is 681 g/mol. The Morgan fingerprint density at radius 3 is 2.30 bits per heavy atom. The maximum atomic E-state index is 14.6.